The fraction of sp³-hybridized carbons (Fsp3) is 0.152. The number of nitrogens with one attached hydrogen (secondary N) is 1. The van der Waals surface area contributed by atoms with E-state index < -0.39 is 0 Å². The molecule has 0 saturated heterocycles. The van der Waals surface area contributed by atoms with Gasteiger partial charge in [0.2, 0.25) is 0 Å². The Labute approximate surface area is 238 Å². The molecule has 0 bridgehead atoms. The van der Waals surface area contributed by atoms with E-state index in [1.165, 1.54) is 11.1 Å². The van der Waals surface area contributed by atoms with Gasteiger partial charge in [0.1, 0.15) is 17.5 Å². The van der Waals surface area contributed by atoms with Crippen molar-refractivity contribution < 1.29 is 0 Å². The van der Waals surface area contributed by atoms with Gasteiger partial charge in [0.15, 0.2) is 0 Å². The van der Waals surface area contributed by atoms with Gasteiger partial charge in [-0.25, -0.2) is 19.9 Å². The van der Waals surface area contributed by atoms with E-state index in [2.05, 4.69) is 112 Å². The Morgan fingerprint density at radius 1 is 0.800 bits per heavy atom. The number of anilines is 3. The van der Waals surface area contributed by atoms with Crippen LogP contribution < -0.4 is 10.2 Å². The molecule has 0 aliphatic rings. The average Bonchev–Trinajstić information content (AvgIpc) is 3.45. The lowest BCUT2D eigenvalue weighted by molar-refractivity contribution is 0.983. The van der Waals surface area contributed by atoms with Crippen molar-refractivity contribution in [2.24, 2.45) is 0 Å². The van der Waals surface area contributed by atoms with Crippen LogP contribution in [0.15, 0.2) is 96.6 Å². The summed E-state index contributed by atoms with van der Waals surface area (Å²) in [6.07, 6.45) is 2.83. The van der Waals surface area contributed by atoms with E-state index in [-0.39, 0.29) is 0 Å². The second kappa shape index (κ2) is 11.2. The molecular weight excluding hydrogens is 512 g/mol. The molecule has 0 atom stereocenters. The Morgan fingerprint density at radius 3 is 2.52 bits per heavy atom. The first-order chi connectivity index (χ1) is 19.5. The molecule has 1 N–H and O–H groups in total. The van der Waals surface area contributed by atoms with Crippen LogP contribution >= 0.6 is 11.3 Å². The maximum Gasteiger partial charge on any atom is 0.132 e. The van der Waals surface area contributed by atoms with Crippen molar-refractivity contribution in [3.05, 3.63) is 114 Å². The minimum atomic E-state index is 0.746. The molecule has 0 unspecified atom stereocenters. The number of fused-ring (bicyclic) bond motifs is 1. The molecule has 7 heteroatoms. The zero-order chi connectivity index (χ0) is 27.5. The largest absolute Gasteiger partial charge is 0.370 e. The van der Waals surface area contributed by atoms with Gasteiger partial charge in [-0.3, -0.25) is 0 Å². The highest BCUT2D eigenvalue weighted by atomic mass is 32.1. The molecule has 0 amide bonds. The van der Waals surface area contributed by atoms with E-state index in [4.69, 9.17) is 4.98 Å². The summed E-state index contributed by atoms with van der Waals surface area (Å²) in [6.45, 7) is 4.82. The molecule has 0 saturated carbocycles. The van der Waals surface area contributed by atoms with E-state index in [0.717, 1.165) is 68.7 Å². The number of hydrogen-bond acceptors (Lipinski definition) is 7. The number of thiazole rings is 1. The minimum Gasteiger partial charge on any atom is -0.370 e. The summed E-state index contributed by atoms with van der Waals surface area (Å²) in [5.41, 5.74) is 10.8. The van der Waals surface area contributed by atoms with Crippen LogP contribution in [0, 0.1) is 13.8 Å². The average molecular weight is 543 g/mol. The fourth-order valence-corrected chi connectivity index (χ4v) is 5.60. The smallest absolute Gasteiger partial charge is 0.132 e. The van der Waals surface area contributed by atoms with E-state index in [1.807, 2.05) is 30.8 Å². The van der Waals surface area contributed by atoms with E-state index >= 15 is 0 Å². The lowest BCUT2D eigenvalue weighted by Gasteiger charge is -2.20. The van der Waals surface area contributed by atoms with Gasteiger partial charge in [0, 0.05) is 42.7 Å². The van der Waals surface area contributed by atoms with Crippen molar-refractivity contribution in [2.75, 3.05) is 23.8 Å². The van der Waals surface area contributed by atoms with Crippen molar-refractivity contribution in [1.82, 2.24) is 19.9 Å². The molecule has 0 radical (unpaired) electrons. The minimum absolute atomic E-state index is 0.746. The fourth-order valence-electron chi connectivity index (χ4n) is 4.88. The molecule has 0 spiro atoms. The first-order valence-corrected chi connectivity index (χ1v) is 14.2. The molecule has 3 heterocycles. The molecule has 3 aromatic heterocycles. The number of hydrogen-bond donors (Lipinski definition) is 1. The summed E-state index contributed by atoms with van der Waals surface area (Å²) in [5, 5.41) is 3.50. The van der Waals surface area contributed by atoms with E-state index in [1.54, 1.807) is 11.3 Å². The lowest BCUT2D eigenvalue weighted by Crippen LogP contribution is -2.12. The molecule has 3 aromatic carbocycles. The third kappa shape index (κ3) is 5.55. The number of rotatable bonds is 8. The highest BCUT2D eigenvalue weighted by Gasteiger charge is 2.10. The highest BCUT2D eigenvalue weighted by molar-refractivity contribution is 7.16. The summed E-state index contributed by atoms with van der Waals surface area (Å²) >= 11 is 1.64. The molecule has 6 rings (SSSR count). The van der Waals surface area contributed by atoms with Gasteiger partial charge in [-0.15, -0.1) is 11.3 Å². The Kier molecular flexibility index (Phi) is 7.21. The van der Waals surface area contributed by atoms with Crippen LogP contribution in [0.3, 0.4) is 0 Å². The Hall–Kier alpha value is -4.62. The standard InChI is InChI=1S/C33H30N6S/c1-22-7-4-5-10-30(22)39(3)33-14-12-27(20-35-33)25-9-6-8-24(17-25)15-16-34-32-19-29(37-23(2)38-32)26-11-13-28-31(18-26)40-21-36-28/h4-14,17-21H,15-16H2,1-3H3,(H,34,37,38). The van der Waals surface area contributed by atoms with Crippen molar-refractivity contribution >= 4 is 38.9 Å². The monoisotopic (exact) mass is 542 g/mol. The van der Waals surface area contributed by atoms with Crippen molar-refractivity contribution in [3.8, 4) is 22.4 Å². The zero-order valence-electron chi connectivity index (χ0n) is 22.8. The number of nitrogens with zero attached hydrogens (tertiary/aromatic N) is 5. The van der Waals surface area contributed by atoms with Crippen LogP contribution in [0.25, 0.3) is 32.6 Å². The maximum atomic E-state index is 4.76. The maximum absolute atomic E-state index is 4.76. The lowest BCUT2D eigenvalue weighted by atomic mass is 10.0. The molecule has 6 aromatic rings. The Morgan fingerprint density at radius 2 is 1.68 bits per heavy atom. The molecule has 0 aliphatic heterocycles. The summed E-state index contributed by atoms with van der Waals surface area (Å²) in [7, 11) is 2.06. The second-order valence-electron chi connectivity index (χ2n) is 9.85. The Bertz CT molecular complexity index is 1780. The molecule has 40 heavy (non-hydrogen) atoms. The number of aromatic nitrogens is 4. The first kappa shape index (κ1) is 25.6. The van der Waals surface area contributed by atoms with Gasteiger partial charge in [0.05, 0.1) is 21.4 Å². The van der Waals surface area contributed by atoms with E-state index in [9.17, 15) is 0 Å². The number of aryl methyl sites for hydroxylation is 2. The SMILES string of the molecule is Cc1nc(NCCc2cccc(-c3ccc(N(C)c4ccccc4C)nc3)c2)cc(-c2ccc3ncsc3c2)n1. The van der Waals surface area contributed by atoms with Crippen LogP contribution in [-0.4, -0.2) is 33.5 Å². The van der Waals surface area contributed by atoms with Gasteiger partial charge in [0.25, 0.3) is 0 Å². The quantitative estimate of drug-likeness (QED) is 0.211. The molecular formula is C33H30N6S. The van der Waals surface area contributed by atoms with Crippen molar-refractivity contribution in [1.29, 1.82) is 0 Å². The van der Waals surface area contributed by atoms with Crippen LogP contribution in [0.1, 0.15) is 17.0 Å². The molecule has 0 fully saturated rings. The van der Waals surface area contributed by atoms with Gasteiger partial charge in [-0.2, -0.15) is 0 Å². The second-order valence-corrected chi connectivity index (χ2v) is 10.7. The predicted molar refractivity (Wildman–Crippen MR) is 166 cm³/mol. The number of para-hydroxylation sites is 1. The van der Waals surface area contributed by atoms with Gasteiger partial charge in [-0.1, -0.05) is 48.5 Å². The van der Waals surface area contributed by atoms with Crippen LogP contribution in [0.2, 0.25) is 0 Å². The van der Waals surface area contributed by atoms with Crippen LogP contribution in [0.5, 0.6) is 0 Å². The summed E-state index contributed by atoms with van der Waals surface area (Å²) in [4.78, 5) is 20.5. The van der Waals surface area contributed by atoms with Crippen molar-refractivity contribution in [2.45, 2.75) is 20.3 Å². The van der Waals surface area contributed by atoms with Gasteiger partial charge >= 0.3 is 0 Å². The molecule has 0 aliphatic carbocycles. The van der Waals surface area contributed by atoms with Gasteiger partial charge < -0.3 is 10.2 Å². The summed E-state index contributed by atoms with van der Waals surface area (Å²) in [5.74, 6) is 2.50. The first-order valence-electron chi connectivity index (χ1n) is 13.3. The van der Waals surface area contributed by atoms with E-state index in [0.29, 0.717) is 0 Å². The van der Waals surface area contributed by atoms with Crippen LogP contribution in [0.4, 0.5) is 17.3 Å². The highest BCUT2D eigenvalue weighted by Crippen LogP contribution is 2.28. The number of benzene rings is 3. The number of pyridine rings is 1. The third-order valence-electron chi connectivity index (χ3n) is 7.01. The topological polar surface area (TPSA) is 66.8 Å². The molecule has 6 nitrogen and oxygen atoms in total. The van der Waals surface area contributed by atoms with Crippen molar-refractivity contribution in [3.63, 3.8) is 0 Å². The Balaban J connectivity index is 1.12. The third-order valence-corrected chi connectivity index (χ3v) is 7.81. The van der Waals surface area contributed by atoms with Gasteiger partial charge in [-0.05, 0) is 67.3 Å². The predicted octanol–water partition coefficient (Wildman–Crippen LogP) is 7.85. The zero-order valence-corrected chi connectivity index (χ0v) is 23.6. The molecule has 198 valence electrons. The van der Waals surface area contributed by atoms with Crippen LogP contribution in [-0.2, 0) is 6.42 Å². The normalized spacial score (nSPS) is 11.1. The summed E-state index contributed by atoms with van der Waals surface area (Å²) < 4.78 is 1.16. The summed E-state index contributed by atoms with van der Waals surface area (Å²) in [6, 6.07) is 29.5.